The van der Waals surface area contributed by atoms with Crippen LogP contribution < -0.4 is 5.32 Å². The number of pyridine rings is 1. The smallest absolute Gasteiger partial charge is 0.262 e. The average Bonchev–Trinajstić information content (AvgIpc) is 2.98. The summed E-state index contributed by atoms with van der Waals surface area (Å²) >= 11 is 0. The standard InChI is InChI=1S/C19H17N3O2/c1-11(23)12-5-6-13-15(10-12)19(18(24)22-17(13)20-2)8-7-16-14(19)4-3-9-21-16/h3-6,9-10H,7-8H2,1-2H3,(H,20,22,24). The summed E-state index contributed by atoms with van der Waals surface area (Å²) in [6.45, 7) is 1.54. The summed E-state index contributed by atoms with van der Waals surface area (Å²) in [4.78, 5) is 33.7. The predicted molar refractivity (Wildman–Crippen MR) is 90.4 cm³/mol. The zero-order chi connectivity index (χ0) is 16.9. The molecule has 0 fully saturated rings. The van der Waals surface area contributed by atoms with E-state index in [9.17, 15) is 9.59 Å². The number of aryl methyl sites for hydroxylation is 1. The van der Waals surface area contributed by atoms with Crippen LogP contribution in [0.1, 0.15) is 46.1 Å². The van der Waals surface area contributed by atoms with Crippen LogP contribution in [0, 0.1) is 0 Å². The Kier molecular flexibility index (Phi) is 3.13. The maximum atomic E-state index is 13.1. The number of amidine groups is 1. The van der Waals surface area contributed by atoms with Crippen LogP contribution >= 0.6 is 0 Å². The number of nitrogens with one attached hydrogen (secondary N) is 1. The fraction of sp³-hybridized carbons (Fsp3) is 0.263. The number of fused-ring (bicyclic) bond motifs is 4. The third-order valence-electron chi connectivity index (χ3n) is 5.04. The van der Waals surface area contributed by atoms with Crippen molar-refractivity contribution in [2.45, 2.75) is 25.2 Å². The van der Waals surface area contributed by atoms with Crippen LogP contribution in [0.3, 0.4) is 0 Å². The molecule has 0 saturated heterocycles. The summed E-state index contributed by atoms with van der Waals surface area (Å²) in [5, 5.41) is 3.00. The van der Waals surface area contributed by atoms with Crippen LogP contribution in [0.25, 0.3) is 0 Å². The highest BCUT2D eigenvalue weighted by Gasteiger charge is 2.51. The lowest BCUT2D eigenvalue weighted by Crippen LogP contribution is -2.42. The van der Waals surface area contributed by atoms with Crippen LogP contribution in [0.2, 0.25) is 0 Å². The third-order valence-corrected chi connectivity index (χ3v) is 5.04. The number of Topliss-reactive ketones (excluding diaryl/α,β-unsaturated/α-hetero) is 1. The number of rotatable bonds is 1. The maximum absolute atomic E-state index is 13.1. The van der Waals surface area contributed by atoms with Gasteiger partial charge in [-0.1, -0.05) is 18.2 Å². The second-order valence-corrected chi connectivity index (χ2v) is 6.24. The second kappa shape index (κ2) is 5.09. The van der Waals surface area contributed by atoms with Gasteiger partial charge in [0.1, 0.15) is 11.3 Å². The van der Waals surface area contributed by atoms with Gasteiger partial charge in [-0.25, -0.2) is 0 Å². The number of benzene rings is 1. The summed E-state index contributed by atoms with van der Waals surface area (Å²) < 4.78 is 0. The Morgan fingerprint density at radius 3 is 2.83 bits per heavy atom. The lowest BCUT2D eigenvalue weighted by atomic mass is 9.71. The van der Waals surface area contributed by atoms with Crippen molar-refractivity contribution >= 4 is 17.5 Å². The fourth-order valence-corrected chi connectivity index (χ4v) is 3.85. The van der Waals surface area contributed by atoms with Crippen LogP contribution in [0.5, 0.6) is 0 Å². The van der Waals surface area contributed by atoms with E-state index in [1.165, 1.54) is 6.92 Å². The molecule has 1 spiro atoms. The van der Waals surface area contributed by atoms with Gasteiger partial charge in [-0.3, -0.25) is 14.6 Å². The zero-order valence-corrected chi connectivity index (χ0v) is 13.6. The minimum Gasteiger partial charge on any atom is -0.373 e. The van der Waals surface area contributed by atoms with Crippen LogP contribution in [-0.2, 0) is 16.6 Å². The van der Waals surface area contributed by atoms with Gasteiger partial charge in [-0.2, -0.15) is 4.99 Å². The molecule has 1 N–H and O–H groups in total. The highest BCUT2D eigenvalue weighted by atomic mass is 16.2. The topological polar surface area (TPSA) is 71.4 Å². The molecule has 1 aromatic carbocycles. The number of hydrogen-bond donors (Lipinski definition) is 1. The van der Waals surface area contributed by atoms with Crippen LogP contribution in [0.4, 0.5) is 0 Å². The first-order valence-electron chi connectivity index (χ1n) is 7.99. The van der Waals surface area contributed by atoms with Gasteiger partial charge in [0.2, 0.25) is 0 Å². The Hall–Kier alpha value is -2.82. The summed E-state index contributed by atoms with van der Waals surface area (Å²) in [5.41, 5.74) is 3.36. The Bertz CT molecular complexity index is 917. The van der Waals surface area contributed by atoms with Crippen LogP contribution in [0.15, 0.2) is 41.5 Å². The normalized spacial score (nSPS) is 21.2. The first-order valence-corrected chi connectivity index (χ1v) is 7.99. The highest BCUT2D eigenvalue weighted by molar-refractivity contribution is 6.14. The van der Waals surface area contributed by atoms with E-state index in [1.807, 2.05) is 24.3 Å². The molecule has 1 aromatic heterocycles. The molecule has 4 rings (SSSR count). The quantitative estimate of drug-likeness (QED) is 0.816. The molecule has 1 unspecified atom stereocenters. The van der Waals surface area contributed by atoms with Crippen molar-refractivity contribution in [2.24, 2.45) is 4.99 Å². The third kappa shape index (κ3) is 1.81. The van der Waals surface area contributed by atoms with E-state index in [2.05, 4.69) is 15.3 Å². The van der Waals surface area contributed by atoms with Gasteiger partial charge in [0.15, 0.2) is 5.78 Å². The Morgan fingerprint density at radius 2 is 2.08 bits per heavy atom. The molecule has 1 atom stereocenters. The molecule has 1 aliphatic heterocycles. The average molecular weight is 319 g/mol. The highest BCUT2D eigenvalue weighted by Crippen LogP contribution is 2.47. The SMILES string of the molecule is CNC1=NC(=O)C2(CCc3ncccc32)c2cc(C(C)=O)ccc21. The molecule has 5 heteroatoms. The van der Waals surface area contributed by atoms with Crippen LogP contribution in [-0.4, -0.2) is 29.6 Å². The maximum Gasteiger partial charge on any atom is 0.262 e. The van der Waals surface area contributed by atoms with Crippen molar-refractivity contribution in [3.63, 3.8) is 0 Å². The van der Waals surface area contributed by atoms with Gasteiger partial charge in [0.05, 0.1) is 0 Å². The fourth-order valence-electron chi connectivity index (χ4n) is 3.85. The number of carbonyl (C=O) groups is 2. The van der Waals surface area contributed by atoms with E-state index in [1.54, 1.807) is 19.3 Å². The number of hydrogen-bond acceptors (Lipinski definition) is 4. The molecule has 1 amide bonds. The molecular weight excluding hydrogens is 302 g/mol. The number of carbonyl (C=O) groups excluding carboxylic acids is 2. The lowest BCUT2D eigenvalue weighted by Gasteiger charge is -2.33. The molecule has 5 nitrogen and oxygen atoms in total. The van der Waals surface area contributed by atoms with Gasteiger partial charge in [0.25, 0.3) is 5.91 Å². The van der Waals surface area contributed by atoms with Crippen molar-refractivity contribution in [3.05, 3.63) is 64.5 Å². The van der Waals surface area contributed by atoms with E-state index in [0.717, 1.165) is 28.8 Å². The van der Waals surface area contributed by atoms with Crippen molar-refractivity contribution in [3.8, 4) is 0 Å². The van der Waals surface area contributed by atoms with E-state index >= 15 is 0 Å². The Labute approximate surface area is 139 Å². The van der Waals surface area contributed by atoms with E-state index in [0.29, 0.717) is 17.8 Å². The molecule has 0 bridgehead atoms. The van der Waals surface area contributed by atoms with Crippen molar-refractivity contribution < 1.29 is 9.59 Å². The number of nitrogens with zero attached hydrogens (tertiary/aromatic N) is 2. The van der Waals surface area contributed by atoms with E-state index in [-0.39, 0.29) is 11.7 Å². The van der Waals surface area contributed by atoms with Gasteiger partial charge >= 0.3 is 0 Å². The summed E-state index contributed by atoms with van der Waals surface area (Å²) in [6, 6.07) is 9.33. The van der Waals surface area contributed by atoms with Gasteiger partial charge < -0.3 is 5.32 Å². The second-order valence-electron chi connectivity index (χ2n) is 6.24. The van der Waals surface area contributed by atoms with Gasteiger partial charge in [-0.15, -0.1) is 0 Å². The Morgan fingerprint density at radius 1 is 1.25 bits per heavy atom. The first kappa shape index (κ1) is 14.8. The van der Waals surface area contributed by atoms with Gasteiger partial charge in [0, 0.05) is 30.1 Å². The molecular formula is C19H17N3O2. The zero-order valence-electron chi connectivity index (χ0n) is 13.6. The number of amides is 1. The predicted octanol–water partition coefficient (Wildman–Crippen LogP) is 2.02. The molecule has 0 radical (unpaired) electrons. The minimum atomic E-state index is -0.829. The summed E-state index contributed by atoms with van der Waals surface area (Å²) in [5.74, 6) is 0.346. The van der Waals surface area contributed by atoms with E-state index < -0.39 is 5.41 Å². The first-order chi connectivity index (χ1) is 11.6. The monoisotopic (exact) mass is 319 g/mol. The van der Waals surface area contributed by atoms with Crippen molar-refractivity contribution in [1.29, 1.82) is 0 Å². The summed E-state index contributed by atoms with van der Waals surface area (Å²) in [6.07, 6.45) is 3.11. The van der Waals surface area contributed by atoms with Crippen molar-refractivity contribution in [2.75, 3.05) is 7.05 Å². The lowest BCUT2D eigenvalue weighted by molar-refractivity contribution is -0.122. The largest absolute Gasteiger partial charge is 0.373 e. The number of ketones is 1. The summed E-state index contributed by atoms with van der Waals surface area (Å²) in [7, 11) is 1.75. The molecule has 0 saturated carbocycles. The molecule has 24 heavy (non-hydrogen) atoms. The van der Waals surface area contributed by atoms with Gasteiger partial charge in [-0.05, 0) is 43.0 Å². The molecule has 1 aliphatic carbocycles. The van der Waals surface area contributed by atoms with Crippen molar-refractivity contribution in [1.82, 2.24) is 10.3 Å². The molecule has 2 heterocycles. The molecule has 120 valence electrons. The van der Waals surface area contributed by atoms with E-state index in [4.69, 9.17) is 0 Å². The molecule has 2 aromatic rings. The molecule has 2 aliphatic rings. The number of aliphatic imine (C=N–C) groups is 1. The number of aromatic nitrogens is 1. The Balaban J connectivity index is 2.05. The minimum absolute atomic E-state index is 0.0154.